The Hall–Kier alpha value is -1.62. The fourth-order valence-corrected chi connectivity index (χ4v) is 2.39. The molecule has 0 aliphatic rings. The van der Waals surface area contributed by atoms with Gasteiger partial charge in [-0.25, -0.2) is 0 Å². The first-order valence-electron chi connectivity index (χ1n) is 5.40. The summed E-state index contributed by atoms with van der Waals surface area (Å²) >= 11 is 1.70. The van der Waals surface area contributed by atoms with Gasteiger partial charge in [-0.3, -0.25) is 9.48 Å². The SMILES string of the molecule is Cc1ccc(CNC(=O)c2cnn(C)c2C)s1. The fourth-order valence-electron chi connectivity index (χ4n) is 1.56. The lowest BCUT2D eigenvalue weighted by atomic mass is 10.2. The molecule has 2 heterocycles. The van der Waals surface area contributed by atoms with Gasteiger partial charge < -0.3 is 5.32 Å². The highest BCUT2D eigenvalue weighted by atomic mass is 32.1. The fraction of sp³-hybridized carbons (Fsp3) is 0.333. The van der Waals surface area contributed by atoms with Crippen molar-refractivity contribution >= 4 is 17.2 Å². The maximum Gasteiger partial charge on any atom is 0.255 e. The zero-order chi connectivity index (χ0) is 12.4. The molecule has 2 rings (SSSR count). The van der Waals surface area contributed by atoms with Gasteiger partial charge >= 0.3 is 0 Å². The number of rotatable bonds is 3. The van der Waals surface area contributed by atoms with E-state index in [-0.39, 0.29) is 5.91 Å². The second-order valence-electron chi connectivity index (χ2n) is 3.96. The lowest BCUT2D eigenvalue weighted by Gasteiger charge is -2.02. The van der Waals surface area contributed by atoms with Crippen LogP contribution in [0.15, 0.2) is 18.3 Å². The summed E-state index contributed by atoms with van der Waals surface area (Å²) in [6.07, 6.45) is 1.60. The van der Waals surface area contributed by atoms with Crippen LogP contribution in [0.1, 0.15) is 25.8 Å². The highest BCUT2D eigenvalue weighted by molar-refractivity contribution is 7.11. The van der Waals surface area contributed by atoms with E-state index in [9.17, 15) is 4.79 Å². The third-order valence-corrected chi connectivity index (χ3v) is 3.70. The first-order valence-corrected chi connectivity index (χ1v) is 6.21. The Morgan fingerprint density at radius 3 is 2.76 bits per heavy atom. The molecule has 1 N–H and O–H groups in total. The normalized spacial score (nSPS) is 10.5. The third-order valence-electron chi connectivity index (χ3n) is 2.70. The summed E-state index contributed by atoms with van der Waals surface area (Å²) in [5.41, 5.74) is 1.52. The molecule has 4 nitrogen and oxygen atoms in total. The van der Waals surface area contributed by atoms with Crippen LogP contribution in [0.3, 0.4) is 0 Å². The summed E-state index contributed by atoms with van der Waals surface area (Å²) in [5.74, 6) is -0.0679. The zero-order valence-electron chi connectivity index (χ0n) is 10.2. The number of hydrogen-bond acceptors (Lipinski definition) is 3. The average molecular weight is 249 g/mol. The van der Waals surface area contributed by atoms with Crippen molar-refractivity contribution < 1.29 is 4.79 Å². The van der Waals surface area contributed by atoms with Gasteiger partial charge in [0.15, 0.2) is 0 Å². The number of aromatic nitrogens is 2. The van der Waals surface area contributed by atoms with Crippen molar-refractivity contribution in [2.45, 2.75) is 20.4 Å². The van der Waals surface area contributed by atoms with Crippen LogP contribution in [0.25, 0.3) is 0 Å². The molecular formula is C12H15N3OS. The van der Waals surface area contributed by atoms with E-state index in [0.717, 1.165) is 10.6 Å². The third kappa shape index (κ3) is 2.55. The van der Waals surface area contributed by atoms with E-state index in [2.05, 4.69) is 23.4 Å². The summed E-state index contributed by atoms with van der Waals surface area (Å²) in [6, 6.07) is 4.10. The lowest BCUT2D eigenvalue weighted by molar-refractivity contribution is 0.0950. The molecule has 0 spiro atoms. The molecule has 0 aromatic carbocycles. The summed E-state index contributed by atoms with van der Waals surface area (Å²) in [6.45, 7) is 4.52. The maximum absolute atomic E-state index is 11.9. The van der Waals surface area contributed by atoms with Gasteiger partial charge in [0.1, 0.15) is 0 Å². The number of hydrogen-bond donors (Lipinski definition) is 1. The molecule has 0 aliphatic carbocycles. The molecule has 0 atom stereocenters. The smallest absolute Gasteiger partial charge is 0.255 e. The van der Waals surface area contributed by atoms with Crippen LogP contribution in [0, 0.1) is 13.8 Å². The predicted octanol–water partition coefficient (Wildman–Crippen LogP) is 2.03. The highest BCUT2D eigenvalue weighted by Crippen LogP contribution is 2.14. The van der Waals surface area contributed by atoms with Crippen molar-refractivity contribution in [2.75, 3.05) is 0 Å². The first-order chi connectivity index (χ1) is 8.08. The molecule has 0 radical (unpaired) electrons. The van der Waals surface area contributed by atoms with E-state index in [1.807, 2.05) is 20.0 Å². The van der Waals surface area contributed by atoms with Gasteiger partial charge in [0.2, 0.25) is 0 Å². The standard InChI is InChI=1S/C12H15N3OS/c1-8-4-5-10(17-8)6-13-12(16)11-7-14-15(3)9(11)2/h4-5,7H,6H2,1-3H3,(H,13,16). The molecule has 0 fully saturated rings. The van der Waals surface area contributed by atoms with E-state index < -0.39 is 0 Å². The Balaban J connectivity index is 2.00. The molecule has 17 heavy (non-hydrogen) atoms. The number of thiophene rings is 1. The quantitative estimate of drug-likeness (QED) is 0.904. The monoisotopic (exact) mass is 249 g/mol. The van der Waals surface area contributed by atoms with E-state index >= 15 is 0 Å². The van der Waals surface area contributed by atoms with Crippen molar-refractivity contribution in [1.82, 2.24) is 15.1 Å². The first kappa shape index (κ1) is 11.9. The minimum absolute atomic E-state index is 0.0679. The number of nitrogens with one attached hydrogen (secondary N) is 1. The molecule has 0 saturated heterocycles. The minimum Gasteiger partial charge on any atom is -0.347 e. The van der Waals surface area contributed by atoms with Crippen LogP contribution < -0.4 is 5.32 Å². The van der Waals surface area contributed by atoms with Crippen LogP contribution in [-0.4, -0.2) is 15.7 Å². The largest absolute Gasteiger partial charge is 0.347 e. The average Bonchev–Trinajstić information content (AvgIpc) is 2.84. The van der Waals surface area contributed by atoms with E-state index in [0.29, 0.717) is 12.1 Å². The Bertz CT molecular complexity index is 542. The molecule has 0 bridgehead atoms. The second kappa shape index (κ2) is 4.71. The number of aryl methyl sites for hydroxylation is 2. The topological polar surface area (TPSA) is 46.9 Å². The summed E-state index contributed by atoms with van der Waals surface area (Å²) in [5, 5.41) is 6.96. The van der Waals surface area contributed by atoms with Crippen molar-refractivity contribution in [3.63, 3.8) is 0 Å². The molecule has 1 amide bonds. The number of carbonyl (C=O) groups excluding carboxylic acids is 1. The summed E-state index contributed by atoms with van der Waals surface area (Å²) in [4.78, 5) is 14.3. The minimum atomic E-state index is -0.0679. The van der Waals surface area contributed by atoms with Gasteiger partial charge in [-0.05, 0) is 26.0 Å². The molecule has 0 saturated carbocycles. The molecule has 0 unspecified atom stereocenters. The van der Waals surface area contributed by atoms with E-state index in [1.54, 1.807) is 22.2 Å². The van der Waals surface area contributed by atoms with Gasteiger partial charge in [-0.2, -0.15) is 5.10 Å². The van der Waals surface area contributed by atoms with Crippen LogP contribution >= 0.6 is 11.3 Å². The van der Waals surface area contributed by atoms with Gasteiger partial charge in [0, 0.05) is 22.5 Å². The van der Waals surface area contributed by atoms with Gasteiger partial charge in [0.05, 0.1) is 18.3 Å². The van der Waals surface area contributed by atoms with E-state index in [4.69, 9.17) is 0 Å². The van der Waals surface area contributed by atoms with Crippen LogP contribution in [-0.2, 0) is 13.6 Å². The number of nitrogens with zero attached hydrogens (tertiary/aromatic N) is 2. The molecular weight excluding hydrogens is 234 g/mol. The van der Waals surface area contributed by atoms with Crippen LogP contribution in [0.2, 0.25) is 0 Å². The van der Waals surface area contributed by atoms with Crippen molar-refractivity contribution in [3.8, 4) is 0 Å². The predicted molar refractivity (Wildman–Crippen MR) is 68.2 cm³/mol. The molecule has 90 valence electrons. The summed E-state index contributed by atoms with van der Waals surface area (Å²) < 4.78 is 1.70. The van der Waals surface area contributed by atoms with Crippen molar-refractivity contribution in [1.29, 1.82) is 0 Å². The molecule has 2 aromatic rings. The lowest BCUT2D eigenvalue weighted by Crippen LogP contribution is -2.22. The Morgan fingerprint density at radius 1 is 1.47 bits per heavy atom. The second-order valence-corrected chi connectivity index (χ2v) is 5.33. The van der Waals surface area contributed by atoms with Crippen LogP contribution in [0.5, 0.6) is 0 Å². The Morgan fingerprint density at radius 2 is 2.24 bits per heavy atom. The summed E-state index contributed by atoms with van der Waals surface area (Å²) in [7, 11) is 1.83. The van der Waals surface area contributed by atoms with E-state index in [1.165, 1.54) is 4.88 Å². The zero-order valence-corrected chi connectivity index (χ0v) is 11.0. The van der Waals surface area contributed by atoms with Crippen molar-refractivity contribution in [3.05, 3.63) is 39.3 Å². The highest BCUT2D eigenvalue weighted by Gasteiger charge is 2.12. The molecule has 2 aromatic heterocycles. The van der Waals surface area contributed by atoms with Crippen molar-refractivity contribution in [2.24, 2.45) is 7.05 Å². The number of carbonyl (C=O) groups is 1. The molecule has 5 heteroatoms. The Kier molecular flexibility index (Phi) is 3.28. The number of amides is 1. The van der Waals surface area contributed by atoms with Gasteiger partial charge in [-0.1, -0.05) is 0 Å². The van der Waals surface area contributed by atoms with Gasteiger partial charge in [-0.15, -0.1) is 11.3 Å². The van der Waals surface area contributed by atoms with Crippen LogP contribution in [0.4, 0.5) is 0 Å². The maximum atomic E-state index is 11.9. The Labute approximate surface area is 104 Å². The molecule has 0 aliphatic heterocycles. The van der Waals surface area contributed by atoms with Gasteiger partial charge in [0.25, 0.3) is 5.91 Å².